The van der Waals surface area contributed by atoms with Crippen molar-refractivity contribution in [2.24, 2.45) is 9.98 Å². The fraction of sp³-hybridized carbons (Fsp3) is 0.143. The minimum absolute atomic E-state index is 0.843. The summed E-state index contributed by atoms with van der Waals surface area (Å²) in [6, 6.07) is 14.0. The van der Waals surface area contributed by atoms with E-state index in [9.17, 15) is 0 Å². The van der Waals surface area contributed by atoms with E-state index < -0.39 is 0 Å². The van der Waals surface area contributed by atoms with E-state index in [2.05, 4.69) is 43.1 Å². The number of benzene rings is 2. The van der Waals surface area contributed by atoms with Crippen molar-refractivity contribution in [3.05, 3.63) is 72.3 Å². The zero-order valence-electron chi connectivity index (χ0n) is 14.1. The van der Waals surface area contributed by atoms with Crippen molar-refractivity contribution >= 4 is 35.0 Å². The highest BCUT2D eigenvalue weighted by Crippen LogP contribution is 2.24. The van der Waals surface area contributed by atoms with Crippen molar-refractivity contribution < 1.29 is 0 Å². The van der Waals surface area contributed by atoms with Crippen LogP contribution in [0.4, 0.5) is 11.4 Å². The molecule has 0 fully saturated rings. The second-order valence-corrected chi connectivity index (χ2v) is 5.73. The molecule has 2 aromatic carbocycles. The van der Waals surface area contributed by atoms with Crippen LogP contribution in [-0.4, -0.2) is 12.4 Å². The van der Waals surface area contributed by atoms with E-state index in [0.717, 1.165) is 44.9 Å². The highest BCUT2D eigenvalue weighted by molar-refractivity contribution is 6.01. The number of nitrogens with zero attached hydrogens (tertiary/aromatic N) is 2. The van der Waals surface area contributed by atoms with Gasteiger partial charge in [0.05, 0.1) is 11.4 Å². The Labute approximate surface area is 138 Å². The van der Waals surface area contributed by atoms with Crippen molar-refractivity contribution in [1.82, 2.24) is 0 Å². The van der Waals surface area contributed by atoms with Crippen molar-refractivity contribution in [2.45, 2.75) is 20.8 Å². The van der Waals surface area contributed by atoms with Crippen molar-refractivity contribution in [1.29, 1.82) is 0 Å². The van der Waals surface area contributed by atoms with E-state index in [1.807, 2.05) is 45.0 Å². The highest BCUT2D eigenvalue weighted by atomic mass is 14.7. The zero-order valence-corrected chi connectivity index (χ0v) is 14.1. The molecule has 0 saturated carbocycles. The van der Waals surface area contributed by atoms with Crippen molar-refractivity contribution in [3.63, 3.8) is 0 Å². The molecule has 0 spiro atoms. The molecule has 2 rings (SSSR count). The molecule has 0 aliphatic rings. The summed E-state index contributed by atoms with van der Waals surface area (Å²) in [6.45, 7) is 17.6. The molecular formula is C21H22N2. The Balaban J connectivity index is 2.45. The van der Waals surface area contributed by atoms with Crippen LogP contribution in [0.1, 0.15) is 37.5 Å². The number of rotatable bonds is 5. The lowest BCUT2D eigenvalue weighted by Crippen LogP contribution is -1.97. The molecular weight excluding hydrogens is 280 g/mol. The fourth-order valence-corrected chi connectivity index (χ4v) is 2.22. The van der Waals surface area contributed by atoms with Crippen LogP contribution >= 0.6 is 0 Å². The summed E-state index contributed by atoms with van der Waals surface area (Å²) in [6.07, 6.45) is 0. The highest BCUT2D eigenvalue weighted by Gasteiger charge is 2.05. The SMILES string of the molecule is C=Nc1ccc(N=C(C)c2cc(C(=C)C)cc(C(=C)C)c2)cc1. The lowest BCUT2D eigenvalue weighted by Gasteiger charge is -2.10. The molecule has 0 atom stereocenters. The van der Waals surface area contributed by atoms with E-state index in [0.29, 0.717) is 0 Å². The monoisotopic (exact) mass is 302 g/mol. The maximum atomic E-state index is 4.70. The maximum Gasteiger partial charge on any atom is 0.0634 e. The Morgan fingerprint density at radius 3 is 1.61 bits per heavy atom. The molecule has 0 aromatic heterocycles. The Kier molecular flexibility index (Phi) is 5.07. The lowest BCUT2D eigenvalue weighted by molar-refractivity contribution is 1.44. The van der Waals surface area contributed by atoms with Gasteiger partial charge in [-0.05, 0) is 86.6 Å². The third kappa shape index (κ3) is 4.13. The van der Waals surface area contributed by atoms with Crippen molar-refractivity contribution in [3.8, 4) is 0 Å². The van der Waals surface area contributed by atoms with Gasteiger partial charge in [-0.3, -0.25) is 9.98 Å². The topological polar surface area (TPSA) is 24.7 Å². The Morgan fingerprint density at radius 2 is 1.17 bits per heavy atom. The summed E-state index contributed by atoms with van der Waals surface area (Å²) in [5, 5.41) is 0. The molecule has 0 bridgehead atoms. The van der Waals surface area contributed by atoms with Crippen LogP contribution in [0.5, 0.6) is 0 Å². The lowest BCUT2D eigenvalue weighted by atomic mass is 9.96. The molecule has 23 heavy (non-hydrogen) atoms. The van der Waals surface area contributed by atoms with Gasteiger partial charge in [-0.1, -0.05) is 24.3 Å². The first kappa shape index (κ1) is 16.6. The first-order valence-electron chi connectivity index (χ1n) is 7.50. The van der Waals surface area contributed by atoms with Crippen LogP contribution in [-0.2, 0) is 0 Å². The average Bonchev–Trinajstić information content (AvgIpc) is 2.55. The molecule has 2 aromatic rings. The van der Waals surface area contributed by atoms with E-state index in [1.54, 1.807) is 0 Å². The number of aliphatic imine (C=N–C) groups is 2. The molecule has 0 unspecified atom stereocenters. The molecule has 0 aliphatic carbocycles. The second-order valence-electron chi connectivity index (χ2n) is 5.73. The number of hydrogen-bond donors (Lipinski definition) is 0. The molecule has 0 radical (unpaired) electrons. The Hall–Kier alpha value is -2.74. The molecule has 2 heteroatoms. The maximum absolute atomic E-state index is 4.70. The van der Waals surface area contributed by atoms with Crippen molar-refractivity contribution in [2.75, 3.05) is 0 Å². The predicted octanol–water partition coefficient (Wildman–Crippen LogP) is 6.23. The van der Waals surface area contributed by atoms with Gasteiger partial charge in [-0.25, -0.2) is 0 Å². The standard InChI is InChI=1S/C21H22N2/c1-14(2)17-11-18(15(3)4)13-19(12-17)16(5)23-21-9-7-20(22-6)8-10-21/h7-13H,1,3,6H2,2,4-5H3. The quantitative estimate of drug-likeness (QED) is 0.585. The van der Waals surface area contributed by atoms with Gasteiger partial charge in [0, 0.05) is 5.71 Å². The number of allylic oxidation sites excluding steroid dienone is 2. The summed E-state index contributed by atoms with van der Waals surface area (Å²) < 4.78 is 0. The van der Waals surface area contributed by atoms with E-state index in [4.69, 9.17) is 4.99 Å². The Bertz CT molecular complexity index is 761. The molecule has 116 valence electrons. The predicted molar refractivity (Wildman–Crippen MR) is 103 cm³/mol. The van der Waals surface area contributed by atoms with Gasteiger partial charge in [0.15, 0.2) is 0 Å². The molecule has 0 heterocycles. The number of hydrogen-bond acceptors (Lipinski definition) is 2. The normalized spacial score (nSPS) is 11.2. The van der Waals surface area contributed by atoms with Gasteiger partial charge in [-0.2, -0.15) is 0 Å². The minimum atomic E-state index is 0.843. The first-order chi connectivity index (χ1) is 10.9. The molecule has 0 N–H and O–H groups in total. The summed E-state index contributed by atoms with van der Waals surface area (Å²) in [4.78, 5) is 8.59. The van der Waals surface area contributed by atoms with Crippen LogP contribution in [0, 0.1) is 0 Å². The molecule has 2 nitrogen and oxygen atoms in total. The first-order valence-corrected chi connectivity index (χ1v) is 7.50. The summed E-state index contributed by atoms with van der Waals surface area (Å²) in [7, 11) is 0. The summed E-state index contributed by atoms with van der Waals surface area (Å²) in [5.41, 5.74) is 8.06. The molecule has 0 amide bonds. The van der Waals surface area contributed by atoms with E-state index >= 15 is 0 Å². The van der Waals surface area contributed by atoms with Crippen LogP contribution in [0.25, 0.3) is 11.1 Å². The molecule has 0 aliphatic heterocycles. The van der Waals surface area contributed by atoms with Crippen LogP contribution in [0.3, 0.4) is 0 Å². The van der Waals surface area contributed by atoms with Gasteiger partial charge in [-0.15, -0.1) is 0 Å². The van der Waals surface area contributed by atoms with Gasteiger partial charge < -0.3 is 0 Å². The van der Waals surface area contributed by atoms with Crippen LogP contribution < -0.4 is 0 Å². The Morgan fingerprint density at radius 1 is 0.739 bits per heavy atom. The third-order valence-electron chi connectivity index (χ3n) is 3.67. The second kappa shape index (κ2) is 7.01. The molecule has 0 saturated heterocycles. The zero-order chi connectivity index (χ0) is 17.0. The van der Waals surface area contributed by atoms with Gasteiger partial charge >= 0.3 is 0 Å². The smallest absolute Gasteiger partial charge is 0.0634 e. The van der Waals surface area contributed by atoms with E-state index in [1.165, 1.54) is 0 Å². The largest absolute Gasteiger partial charge is 0.265 e. The van der Waals surface area contributed by atoms with Gasteiger partial charge in [0.25, 0.3) is 0 Å². The van der Waals surface area contributed by atoms with Gasteiger partial charge in [0.1, 0.15) is 0 Å². The van der Waals surface area contributed by atoms with Crippen LogP contribution in [0.2, 0.25) is 0 Å². The summed E-state index contributed by atoms with van der Waals surface area (Å²) >= 11 is 0. The van der Waals surface area contributed by atoms with Gasteiger partial charge in [0.2, 0.25) is 0 Å². The third-order valence-corrected chi connectivity index (χ3v) is 3.67. The summed E-state index contributed by atoms with van der Waals surface area (Å²) in [5.74, 6) is 0. The fourth-order valence-electron chi connectivity index (χ4n) is 2.22. The van der Waals surface area contributed by atoms with E-state index in [-0.39, 0.29) is 0 Å². The van der Waals surface area contributed by atoms with Crippen LogP contribution in [0.15, 0.2) is 65.6 Å². The minimum Gasteiger partial charge on any atom is -0.265 e. The average molecular weight is 302 g/mol.